The Bertz CT molecular complexity index is 855. The van der Waals surface area contributed by atoms with E-state index in [4.69, 9.17) is 14.1 Å². The highest BCUT2D eigenvalue weighted by molar-refractivity contribution is 7.13. The Kier molecular flexibility index (Phi) is 5.66. The molecule has 142 valence electrons. The second kappa shape index (κ2) is 8.33. The Morgan fingerprint density at radius 1 is 1.15 bits per heavy atom. The van der Waals surface area contributed by atoms with Crippen molar-refractivity contribution in [3.05, 3.63) is 64.6 Å². The number of oxazole rings is 1. The maximum Gasteiger partial charge on any atom is 0.236 e. The predicted molar refractivity (Wildman–Crippen MR) is 104 cm³/mol. The lowest BCUT2D eigenvalue weighted by Gasteiger charge is -2.34. The second-order valence-electron chi connectivity index (χ2n) is 6.87. The van der Waals surface area contributed by atoms with E-state index in [0.717, 1.165) is 54.5 Å². The summed E-state index contributed by atoms with van der Waals surface area (Å²) in [7, 11) is 0. The first-order chi connectivity index (χ1) is 13.2. The Hall–Kier alpha value is -2.02. The van der Waals surface area contributed by atoms with Crippen LogP contribution in [0.2, 0.25) is 0 Å². The van der Waals surface area contributed by atoms with Crippen molar-refractivity contribution in [3.8, 4) is 10.8 Å². The number of benzene rings is 1. The average Bonchev–Trinajstić information content (AvgIpc) is 3.34. The summed E-state index contributed by atoms with van der Waals surface area (Å²) in [5.41, 5.74) is 2.06. The molecule has 1 saturated heterocycles. The van der Waals surface area contributed by atoms with E-state index in [0.29, 0.717) is 18.5 Å². The van der Waals surface area contributed by atoms with Crippen molar-refractivity contribution >= 4 is 11.3 Å². The molecular weight excluding hydrogens is 363 g/mol. The number of aromatic nitrogens is 1. The first-order valence-corrected chi connectivity index (χ1v) is 10.1. The van der Waals surface area contributed by atoms with Crippen molar-refractivity contribution in [2.45, 2.75) is 38.9 Å². The fourth-order valence-corrected chi connectivity index (χ4v) is 4.11. The van der Waals surface area contributed by atoms with Crippen molar-refractivity contribution in [3.63, 3.8) is 0 Å². The topological polar surface area (TPSA) is 38.5 Å². The second-order valence-corrected chi connectivity index (χ2v) is 7.82. The molecule has 0 atom stereocenters. The Morgan fingerprint density at radius 2 is 1.93 bits per heavy atom. The molecule has 0 unspecified atom stereocenters. The summed E-state index contributed by atoms with van der Waals surface area (Å²) in [6.45, 7) is 5.00. The van der Waals surface area contributed by atoms with Crippen LogP contribution in [0.5, 0.6) is 0 Å². The molecule has 1 fully saturated rings. The Labute approximate surface area is 162 Å². The number of hydrogen-bond acceptors (Lipinski definition) is 5. The van der Waals surface area contributed by atoms with Crippen LogP contribution in [0, 0.1) is 12.7 Å². The number of ether oxygens (including phenoxy) is 1. The van der Waals surface area contributed by atoms with E-state index in [-0.39, 0.29) is 5.82 Å². The fraction of sp³-hybridized carbons (Fsp3) is 0.381. The zero-order valence-electron chi connectivity index (χ0n) is 15.4. The van der Waals surface area contributed by atoms with E-state index >= 15 is 0 Å². The maximum absolute atomic E-state index is 13.3. The van der Waals surface area contributed by atoms with Crippen molar-refractivity contribution in [2.75, 3.05) is 13.2 Å². The molecule has 1 aromatic carbocycles. The van der Waals surface area contributed by atoms with Crippen LogP contribution in [0.3, 0.4) is 0 Å². The summed E-state index contributed by atoms with van der Waals surface area (Å²) >= 11 is 1.63. The standard InChI is InChI=1S/C21H23FN2O2S/c1-15-19(23-21(26-15)20-3-2-12-27-20)14-24(18-8-10-25-11-9-18)13-16-4-6-17(22)7-5-16/h2-7,12,18H,8-11,13-14H2,1H3. The molecule has 1 aliphatic heterocycles. The number of nitrogens with zero attached hydrogens (tertiary/aromatic N) is 2. The van der Waals surface area contributed by atoms with Gasteiger partial charge in [0.05, 0.1) is 10.6 Å². The summed E-state index contributed by atoms with van der Waals surface area (Å²) < 4.78 is 24.7. The van der Waals surface area contributed by atoms with Gasteiger partial charge in [0, 0.05) is 32.3 Å². The van der Waals surface area contributed by atoms with E-state index in [1.807, 2.05) is 36.6 Å². The molecule has 27 heavy (non-hydrogen) atoms. The van der Waals surface area contributed by atoms with Gasteiger partial charge < -0.3 is 9.15 Å². The number of rotatable bonds is 6. The normalized spacial score (nSPS) is 15.5. The minimum atomic E-state index is -0.204. The van der Waals surface area contributed by atoms with Gasteiger partial charge in [0.1, 0.15) is 11.6 Å². The molecule has 6 heteroatoms. The maximum atomic E-state index is 13.3. The van der Waals surface area contributed by atoms with Gasteiger partial charge in [-0.3, -0.25) is 4.90 Å². The van der Waals surface area contributed by atoms with Gasteiger partial charge in [-0.1, -0.05) is 18.2 Å². The third-order valence-electron chi connectivity index (χ3n) is 4.98. The number of halogens is 1. The van der Waals surface area contributed by atoms with Gasteiger partial charge in [-0.2, -0.15) is 0 Å². The van der Waals surface area contributed by atoms with Crippen LogP contribution in [0.1, 0.15) is 29.9 Å². The quantitative estimate of drug-likeness (QED) is 0.595. The van der Waals surface area contributed by atoms with Crippen LogP contribution in [0.15, 0.2) is 46.2 Å². The largest absolute Gasteiger partial charge is 0.440 e. The van der Waals surface area contributed by atoms with Crippen LogP contribution in [-0.2, 0) is 17.8 Å². The molecule has 4 nitrogen and oxygen atoms in total. The highest BCUT2D eigenvalue weighted by Crippen LogP contribution is 2.28. The number of aryl methyl sites for hydroxylation is 1. The van der Waals surface area contributed by atoms with Crippen molar-refractivity contribution < 1.29 is 13.5 Å². The molecule has 0 radical (unpaired) electrons. The smallest absolute Gasteiger partial charge is 0.236 e. The molecule has 0 N–H and O–H groups in total. The lowest BCUT2D eigenvalue weighted by Crippen LogP contribution is -2.38. The van der Waals surface area contributed by atoms with Crippen molar-refractivity contribution in [1.82, 2.24) is 9.88 Å². The Balaban J connectivity index is 1.56. The third kappa shape index (κ3) is 4.46. The van der Waals surface area contributed by atoms with Gasteiger partial charge >= 0.3 is 0 Å². The van der Waals surface area contributed by atoms with Crippen LogP contribution >= 0.6 is 11.3 Å². The molecule has 4 rings (SSSR count). The highest BCUT2D eigenvalue weighted by atomic mass is 32.1. The van der Waals surface area contributed by atoms with Gasteiger partial charge in [-0.25, -0.2) is 9.37 Å². The molecular formula is C21H23FN2O2S. The molecule has 2 aromatic heterocycles. The molecule has 0 bridgehead atoms. The van der Waals surface area contributed by atoms with Gasteiger partial charge in [-0.05, 0) is 48.9 Å². The molecule has 0 amide bonds. The summed E-state index contributed by atoms with van der Waals surface area (Å²) in [6, 6.07) is 11.2. The lowest BCUT2D eigenvalue weighted by molar-refractivity contribution is 0.0272. The first kappa shape index (κ1) is 18.3. The van der Waals surface area contributed by atoms with Gasteiger partial charge in [0.15, 0.2) is 0 Å². The summed E-state index contributed by atoms with van der Waals surface area (Å²) in [5, 5.41) is 2.03. The predicted octanol–water partition coefficient (Wildman–Crippen LogP) is 5.03. The monoisotopic (exact) mass is 386 g/mol. The summed E-state index contributed by atoms with van der Waals surface area (Å²) in [4.78, 5) is 8.21. The van der Waals surface area contributed by atoms with Crippen LogP contribution in [0.4, 0.5) is 4.39 Å². The van der Waals surface area contributed by atoms with E-state index < -0.39 is 0 Å². The van der Waals surface area contributed by atoms with Crippen LogP contribution in [0.25, 0.3) is 10.8 Å². The number of hydrogen-bond donors (Lipinski definition) is 0. The van der Waals surface area contributed by atoms with E-state index in [9.17, 15) is 4.39 Å². The molecule has 3 aromatic rings. The average molecular weight is 386 g/mol. The zero-order valence-corrected chi connectivity index (χ0v) is 16.2. The van der Waals surface area contributed by atoms with Gasteiger partial charge in [0.2, 0.25) is 5.89 Å². The van der Waals surface area contributed by atoms with Crippen molar-refractivity contribution in [2.24, 2.45) is 0 Å². The molecule has 0 saturated carbocycles. The van der Waals surface area contributed by atoms with Gasteiger partial charge in [-0.15, -0.1) is 11.3 Å². The zero-order chi connectivity index (χ0) is 18.6. The van der Waals surface area contributed by atoms with Crippen LogP contribution in [-0.4, -0.2) is 29.1 Å². The minimum Gasteiger partial charge on any atom is -0.440 e. The minimum absolute atomic E-state index is 0.204. The third-order valence-corrected chi connectivity index (χ3v) is 5.84. The molecule has 0 aliphatic carbocycles. The SMILES string of the molecule is Cc1oc(-c2cccs2)nc1CN(Cc1ccc(F)cc1)C1CCOCC1. The lowest BCUT2D eigenvalue weighted by atomic mass is 10.1. The molecule has 3 heterocycles. The Morgan fingerprint density at radius 3 is 2.63 bits per heavy atom. The van der Waals surface area contributed by atoms with E-state index in [2.05, 4.69) is 4.90 Å². The molecule has 0 spiro atoms. The van der Waals surface area contributed by atoms with Gasteiger partial charge in [0.25, 0.3) is 0 Å². The summed E-state index contributed by atoms with van der Waals surface area (Å²) in [5.74, 6) is 1.34. The van der Waals surface area contributed by atoms with Crippen LogP contribution < -0.4 is 0 Å². The summed E-state index contributed by atoms with van der Waals surface area (Å²) in [6.07, 6.45) is 1.99. The highest BCUT2D eigenvalue weighted by Gasteiger charge is 2.24. The van der Waals surface area contributed by atoms with Crippen molar-refractivity contribution in [1.29, 1.82) is 0 Å². The first-order valence-electron chi connectivity index (χ1n) is 9.25. The number of thiophene rings is 1. The molecule has 1 aliphatic rings. The van der Waals surface area contributed by atoms with E-state index in [1.165, 1.54) is 12.1 Å². The van der Waals surface area contributed by atoms with E-state index in [1.54, 1.807) is 11.3 Å². The fourth-order valence-electron chi connectivity index (χ4n) is 3.46.